The second-order valence-corrected chi connectivity index (χ2v) is 5.25. The first kappa shape index (κ1) is 13.0. The van der Waals surface area contributed by atoms with E-state index in [0.717, 1.165) is 21.3 Å². The monoisotopic (exact) mass is 333 g/mol. The van der Waals surface area contributed by atoms with Crippen LogP contribution in [0.25, 0.3) is 11.1 Å². The third-order valence-electron chi connectivity index (χ3n) is 3.13. The Morgan fingerprint density at radius 3 is 2.80 bits per heavy atom. The molecule has 0 aliphatic carbocycles. The number of aromatic nitrogens is 1. The predicted octanol–water partition coefficient (Wildman–Crippen LogP) is 3.41. The molecular formula is C15H12BrNO3. The van der Waals surface area contributed by atoms with Gasteiger partial charge in [-0.2, -0.15) is 0 Å². The van der Waals surface area contributed by atoms with Crippen molar-refractivity contribution in [3.05, 3.63) is 63.1 Å². The highest BCUT2D eigenvalue weighted by Crippen LogP contribution is 2.26. The first-order chi connectivity index (χ1) is 9.69. The van der Waals surface area contributed by atoms with Gasteiger partial charge in [-0.05, 0) is 45.8 Å². The number of hydrogen-bond acceptors (Lipinski definition) is 3. The quantitative estimate of drug-likeness (QED) is 0.737. The fourth-order valence-corrected chi connectivity index (χ4v) is 2.74. The Balaban J connectivity index is 2.03. The van der Waals surface area contributed by atoms with Gasteiger partial charge in [0.25, 0.3) is 0 Å². The molecule has 0 fully saturated rings. The molecule has 0 aliphatic rings. The number of hydrogen-bond donors (Lipinski definition) is 0. The van der Waals surface area contributed by atoms with Gasteiger partial charge >= 0.3 is 5.76 Å². The van der Waals surface area contributed by atoms with E-state index in [-0.39, 0.29) is 5.76 Å². The van der Waals surface area contributed by atoms with Crippen LogP contribution in [0.4, 0.5) is 0 Å². The van der Waals surface area contributed by atoms with Crippen LogP contribution in [-0.2, 0) is 6.54 Å². The molecule has 0 bridgehead atoms. The van der Waals surface area contributed by atoms with E-state index >= 15 is 0 Å². The molecule has 3 aromatic rings. The van der Waals surface area contributed by atoms with Gasteiger partial charge in [-0.15, -0.1) is 0 Å². The topological polar surface area (TPSA) is 44.4 Å². The molecule has 0 amide bonds. The van der Waals surface area contributed by atoms with Crippen molar-refractivity contribution in [1.29, 1.82) is 0 Å². The molecule has 4 nitrogen and oxygen atoms in total. The zero-order chi connectivity index (χ0) is 14.1. The van der Waals surface area contributed by atoms with E-state index in [2.05, 4.69) is 15.9 Å². The number of benzene rings is 2. The summed E-state index contributed by atoms with van der Waals surface area (Å²) >= 11 is 3.44. The van der Waals surface area contributed by atoms with Crippen molar-refractivity contribution in [3.8, 4) is 5.75 Å². The van der Waals surface area contributed by atoms with Gasteiger partial charge in [0, 0.05) is 0 Å². The highest BCUT2D eigenvalue weighted by molar-refractivity contribution is 9.10. The maximum atomic E-state index is 11.9. The van der Waals surface area contributed by atoms with Gasteiger partial charge < -0.3 is 9.15 Å². The number of para-hydroxylation sites is 2. The number of fused-ring (bicyclic) bond motifs is 1. The Kier molecular flexibility index (Phi) is 3.36. The van der Waals surface area contributed by atoms with Gasteiger partial charge in [0.2, 0.25) is 0 Å². The average molecular weight is 334 g/mol. The van der Waals surface area contributed by atoms with Crippen LogP contribution < -0.4 is 10.5 Å². The summed E-state index contributed by atoms with van der Waals surface area (Å²) in [4.78, 5) is 11.9. The van der Waals surface area contributed by atoms with Gasteiger partial charge in [0.15, 0.2) is 5.58 Å². The molecule has 3 rings (SSSR count). The molecule has 20 heavy (non-hydrogen) atoms. The lowest BCUT2D eigenvalue weighted by Crippen LogP contribution is -2.14. The first-order valence-corrected chi connectivity index (χ1v) is 6.89. The first-order valence-electron chi connectivity index (χ1n) is 6.10. The van der Waals surface area contributed by atoms with Crippen LogP contribution in [0.2, 0.25) is 0 Å². The summed E-state index contributed by atoms with van der Waals surface area (Å²) < 4.78 is 12.9. The van der Waals surface area contributed by atoms with Crippen LogP contribution in [0.5, 0.6) is 5.75 Å². The molecule has 0 atom stereocenters. The summed E-state index contributed by atoms with van der Waals surface area (Å²) in [6.45, 7) is 0.457. The van der Waals surface area contributed by atoms with E-state index < -0.39 is 0 Å². The zero-order valence-electron chi connectivity index (χ0n) is 10.8. The van der Waals surface area contributed by atoms with E-state index in [1.807, 2.05) is 36.4 Å². The standard InChI is InChI=1S/C15H12BrNO3/c1-19-13-7-6-10(8-11(13)16)9-17-12-4-2-3-5-14(12)20-15(17)18/h2-8H,9H2,1H3. The van der Waals surface area contributed by atoms with Crippen molar-refractivity contribution in [2.45, 2.75) is 6.54 Å². The summed E-state index contributed by atoms with van der Waals surface area (Å²) in [6.07, 6.45) is 0. The van der Waals surface area contributed by atoms with Gasteiger partial charge in [-0.25, -0.2) is 4.79 Å². The highest BCUT2D eigenvalue weighted by atomic mass is 79.9. The molecular weight excluding hydrogens is 322 g/mol. The molecule has 0 aliphatic heterocycles. The highest BCUT2D eigenvalue weighted by Gasteiger charge is 2.09. The molecule has 2 aromatic carbocycles. The summed E-state index contributed by atoms with van der Waals surface area (Å²) in [5.74, 6) is 0.413. The number of ether oxygens (including phenoxy) is 1. The van der Waals surface area contributed by atoms with E-state index in [1.165, 1.54) is 0 Å². The Morgan fingerprint density at radius 1 is 1.25 bits per heavy atom. The van der Waals surface area contributed by atoms with Crippen LogP contribution in [0.1, 0.15) is 5.56 Å². The molecule has 102 valence electrons. The summed E-state index contributed by atoms with van der Waals surface area (Å²) in [5, 5.41) is 0. The van der Waals surface area contributed by atoms with Crippen molar-refractivity contribution in [2.24, 2.45) is 0 Å². The SMILES string of the molecule is COc1ccc(Cn2c(=O)oc3ccccc32)cc1Br. The fraction of sp³-hybridized carbons (Fsp3) is 0.133. The third kappa shape index (κ3) is 2.25. The number of rotatable bonds is 3. The number of methoxy groups -OCH3 is 1. The van der Waals surface area contributed by atoms with Crippen LogP contribution in [0, 0.1) is 0 Å². The lowest BCUT2D eigenvalue weighted by atomic mass is 10.2. The summed E-state index contributed by atoms with van der Waals surface area (Å²) in [5.41, 5.74) is 2.39. The molecule has 0 spiro atoms. The maximum Gasteiger partial charge on any atom is 0.420 e. The molecule has 0 unspecified atom stereocenters. The fourth-order valence-electron chi connectivity index (χ4n) is 2.15. The number of oxazole rings is 1. The molecule has 1 heterocycles. The lowest BCUT2D eigenvalue weighted by molar-refractivity contribution is 0.412. The molecule has 0 saturated carbocycles. The Bertz CT molecular complexity index is 819. The Labute approximate surface area is 123 Å². The molecule has 0 N–H and O–H groups in total. The molecule has 0 saturated heterocycles. The molecule has 5 heteroatoms. The maximum absolute atomic E-state index is 11.9. The summed E-state index contributed by atoms with van der Waals surface area (Å²) in [6, 6.07) is 13.1. The van der Waals surface area contributed by atoms with Crippen molar-refractivity contribution in [2.75, 3.05) is 7.11 Å². The second kappa shape index (κ2) is 5.17. The van der Waals surface area contributed by atoms with Crippen LogP contribution in [0.3, 0.4) is 0 Å². The van der Waals surface area contributed by atoms with Crippen LogP contribution in [-0.4, -0.2) is 11.7 Å². The van der Waals surface area contributed by atoms with E-state index in [9.17, 15) is 4.79 Å². The minimum atomic E-state index is -0.349. The molecule has 0 radical (unpaired) electrons. The lowest BCUT2D eigenvalue weighted by Gasteiger charge is -2.07. The average Bonchev–Trinajstić information content (AvgIpc) is 2.76. The second-order valence-electron chi connectivity index (χ2n) is 4.39. The van der Waals surface area contributed by atoms with Crippen molar-refractivity contribution in [1.82, 2.24) is 4.57 Å². The Hall–Kier alpha value is -2.01. The number of nitrogens with zero attached hydrogens (tertiary/aromatic N) is 1. The van der Waals surface area contributed by atoms with E-state index in [0.29, 0.717) is 12.1 Å². The largest absolute Gasteiger partial charge is 0.496 e. The van der Waals surface area contributed by atoms with Crippen LogP contribution in [0.15, 0.2) is 56.1 Å². The smallest absolute Gasteiger partial charge is 0.420 e. The van der Waals surface area contributed by atoms with Crippen LogP contribution >= 0.6 is 15.9 Å². The summed E-state index contributed by atoms with van der Waals surface area (Å²) in [7, 11) is 1.62. The normalized spacial score (nSPS) is 10.9. The third-order valence-corrected chi connectivity index (χ3v) is 3.75. The minimum absolute atomic E-state index is 0.349. The van der Waals surface area contributed by atoms with Gasteiger partial charge in [0.05, 0.1) is 23.6 Å². The van der Waals surface area contributed by atoms with Crippen molar-refractivity contribution < 1.29 is 9.15 Å². The van der Waals surface area contributed by atoms with Crippen molar-refractivity contribution in [3.63, 3.8) is 0 Å². The van der Waals surface area contributed by atoms with Crippen molar-refractivity contribution >= 4 is 27.0 Å². The zero-order valence-corrected chi connectivity index (χ0v) is 12.4. The van der Waals surface area contributed by atoms with E-state index in [1.54, 1.807) is 17.7 Å². The van der Waals surface area contributed by atoms with E-state index in [4.69, 9.17) is 9.15 Å². The number of halogens is 1. The van der Waals surface area contributed by atoms with Gasteiger partial charge in [0.1, 0.15) is 5.75 Å². The molecule has 1 aromatic heterocycles. The van der Waals surface area contributed by atoms with Gasteiger partial charge in [-0.3, -0.25) is 4.57 Å². The van der Waals surface area contributed by atoms with Gasteiger partial charge in [-0.1, -0.05) is 18.2 Å². The predicted molar refractivity (Wildman–Crippen MR) is 80.3 cm³/mol. The minimum Gasteiger partial charge on any atom is -0.496 e. The Morgan fingerprint density at radius 2 is 2.05 bits per heavy atom.